The molecule has 0 aromatic carbocycles. The topological polar surface area (TPSA) is 37.8 Å². The van der Waals surface area contributed by atoms with Gasteiger partial charge in [-0.05, 0) is 6.07 Å². The summed E-state index contributed by atoms with van der Waals surface area (Å²) in [6.07, 6.45) is 4.08. The van der Waals surface area contributed by atoms with Crippen LogP contribution in [-0.4, -0.2) is 16.5 Å². The number of nitrogens with zero attached hydrogens (tertiary/aromatic N) is 2. The standard InChI is InChI=1S/C10H10FN3S/c11-9-7-8(1-3-13-9)12-4-2-10-14-5-6-15-10/h1,3,5-7H,2,4H2,(H,12,13). The van der Waals surface area contributed by atoms with Gasteiger partial charge in [0.15, 0.2) is 0 Å². The van der Waals surface area contributed by atoms with Gasteiger partial charge in [-0.25, -0.2) is 9.97 Å². The Balaban J connectivity index is 1.83. The van der Waals surface area contributed by atoms with Crippen molar-refractivity contribution in [2.24, 2.45) is 0 Å². The van der Waals surface area contributed by atoms with Crippen LogP contribution in [0.1, 0.15) is 5.01 Å². The van der Waals surface area contributed by atoms with Crippen molar-refractivity contribution in [1.82, 2.24) is 9.97 Å². The summed E-state index contributed by atoms with van der Waals surface area (Å²) in [4.78, 5) is 7.64. The van der Waals surface area contributed by atoms with Gasteiger partial charge in [-0.3, -0.25) is 0 Å². The Morgan fingerprint density at radius 2 is 2.27 bits per heavy atom. The SMILES string of the molecule is Fc1cc(NCCc2nccs2)ccn1. The molecule has 0 unspecified atom stereocenters. The lowest BCUT2D eigenvalue weighted by atomic mass is 10.3. The predicted molar refractivity (Wildman–Crippen MR) is 58.5 cm³/mol. The van der Waals surface area contributed by atoms with Crippen LogP contribution in [0.15, 0.2) is 29.9 Å². The van der Waals surface area contributed by atoms with Crippen LogP contribution >= 0.6 is 11.3 Å². The van der Waals surface area contributed by atoms with Crippen molar-refractivity contribution in [3.8, 4) is 0 Å². The molecule has 0 aliphatic carbocycles. The molecule has 0 spiro atoms. The highest BCUT2D eigenvalue weighted by atomic mass is 32.1. The van der Waals surface area contributed by atoms with Crippen molar-refractivity contribution >= 4 is 17.0 Å². The van der Waals surface area contributed by atoms with E-state index < -0.39 is 5.95 Å². The molecule has 0 saturated heterocycles. The number of thiazole rings is 1. The number of hydrogen-bond donors (Lipinski definition) is 1. The van der Waals surface area contributed by atoms with Crippen molar-refractivity contribution in [3.63, 3.8) is 0 Å². The zero-order valence-corrected chi connectivity index (χ0v) is 8.80. The van der Waals surface area contributed by atoms with E-state index >= 15 is 0 Å². The van der Waals surface area contributed by atoms with Crippen LogP contribution in [0.5, 0.6) is 0 Å². The maximum atomic E-state index is 12.7. The van der Waals surface area contributed by atoms with Gasteiger partial charge in [0.25, 0.3) is 0 Å². The minimum Gasteiger partial charge on any atom is -0.384 e. The summed E-state index contributed by atoms with van der Waals surface area (Å²) in [5.74, 6) is -0.464. The zero-order valence-electron chi connectivity index (χ0n) is 7.98. The molecule has 2 aromatic rings. The van der Waals surface area contributed by atoms with Gasteiger partial charge in [-0.2, -0.15) is 4.39 Å². The van der Waals surface area contributed by atoms with Crippen LogP contribution in [-0.2, 0) is 6.42 Å². The molecule has 0 aliphatic rings. The highest BCUT2D eigenvalue weighted by Crippen LogP contribution is 2.08. The molecule has 0 atom stereocenters. The molecule has 2 rings (SSSR count). The highest BCUT2D eigenvalue weighted by molar-refractivity contribution is 7.09. The third-order valence-corrected chi connectivity index (χ3v) is 2.72. The van der Waals surface area contributed by atoms with Gasteiger partial charge in [0, 0.05) is 42.5 Å². The normalized spacial score (nSPS) is 10.2. The van der Waals surface area contributed by atoms with Crippen LogP contribution in [0.4, 0.5) is 10.1 Å². The molecule has 5 heteroatoms. The second-order valence-corrected chi connectivity index (χ2v) is 3.95. The maximum Gasteiger partial charge on any atom is 0.214 e. The first-order valence-electron chi connectivity index (χ1n) is 4.58. The first-order chi connectivity index (χ1) is 7.34. The van der Waals surface area contributed by atoms with E-state index in [1.165, 1.54) is 12.3 Å². The molecule has 2 aromatic heterocycles. The smallest absolute Gasteiger partial charge is 0.214 e. The molecule has 0 amide bonds. The maximum absolute atomic E-state index is 12.7. The van der Waals surface area contributed by atoms with E-state index in [1.807, 2.05) is 5.38 Å². The fourth-order valence-corrected chi connectivity index (χ4v) is 1.82. The van der Waals surface area contributed by atoms with Crippen LogP contribution in [0.2, 0.25) is 0 Å². The van der Waals surface area contributed by atoms with Gasteiger partial charge in [0.05, 0.1) is 5.01 Å². The lowest BCUT2D eigenvalue weighted by molar-refractivity contribution is 0.584. The summed E-state index contributed by atoms with van der Waals surface area (Å²) in [5.41, 5.74) is 0.749. The molecule has 0 fully saturated rings. The molecule has 0 radical (unpaired) electrons. The molecular formula is C10H10FN3S. The number of halogens is 1. The summed E-state index contributed by atoms with van der Waals surface area (Å²) in [7, 11) is 0. The van der Waals surface area contributed by atoms with Crippen molar-refractivity contribution in [2.75, 3.05) is 11.9 Å². The van der Waals surface area contributed by atoms with Crippen molar-refractivity contribution in [1.29, 1.82) is 0 Å². The Hall–Kier alpha value is -1.49. The molecule has 2 heterocycles. The van der Waals surface area contributed by atoms with Crippen molar-refractivity contribution in [2.45, 2.75) is 6.42 Å². The van der Waals surface area contributed by atoms with Gasteiger partial charge in [0.2, 0.25) is 5.95 Å². The fraction of sp³-hybridized carbons (Fsp3) is 0.200. The van der Waals surface area contributed by atoms with Crippen LogP contribution in [0.25, 0.3) is 0 Å². The Bertz CT molecular complexity index is 416. The Labute approximate surface area is 91.0 Å². The lowest BCUT2D eigenvalue weighted by Crippen LogP contribution is -2.04. The Morgan fingerprint density at radius 1 is 1.33 bits per heavy atom. The molecule has 0 aliphatic heterocycles. The van der Waals surface area contributed by atoms with E-state index in [1.54, 1.807) is 23.6 Å². The first-order valence-corrected chi connectivity index (χ1v) is 5.46. The van der Waals surface area contributed by atoms with E-state index in [9.17, 15) is 4.39 Å². The molecule has 0 bridgehead atoms. The van der Waals surface area contributed by atoms with Gasteiger partial charge < -0.3 is 5.32 Å². The zero-order chi connectivity index (χ0) is 10.5. The van der Waals surface area contributed by atoms with Gasteiger partial charge in [-0.15, -0.1) is 11.3 Å². The average molecular weight is 223 g/mol. The summed E-state index contributed by atoms with van der Waals surface area (Å²) in [6.45, 7) is 0.747. The Morgan fingerprint density at radius 3 is 3.00 bits per heavy atom. The molecule has 15 heavy (non-hydrogen) atoms. The van der Waals surface area contributed by atoms with Crippen LogP contribution in [0, 0.1) is 5.95 Å². The van der Waals surface area contributed by atoms with Crippen molar-refractivity contribution in [3.05, 3.63) is 40.9 Å². The van der Waals surface area contributed by atoms with E-state index in [0.29, 0.717) is 0 Å². The summed E-state index contributed by atoms with van der Waals surface area (Å²) in [6, 6.07) is 3.12. The van der Waals surface area contributed by atoms with Crippen LogP contribution < -0.4 is 5.32 Å². The number of aromatic nitrogens is 2. The largest absolute Gasteiger partial charge is 0.384 e. The third-order valence-electron chi connectivity index (χ3n) is 1.88. The summed E-state index contributed by atoms with van der Waals surface area (Å²) in [5, 5.41) is 6.14. The van der Waals surface area contributed by atoms with Crippen molar-refractivity contribution < 1.29 is 4.39 Å². The number of pyridine rings is 1. The second kappa shape index (κ2) is 4.84. The summed E-state index contributed by atoms with van der Waals surface area (Å²) < 4.78 is 12.7. The van der Waals surface area contributed by atoms with E-state index in [0.717, 1.165) is 23.7 Å². The first kappa shape index (κ1) is 10.0. The monoisotopic (exact) mass is 223 g/mol. The van der Waals surface area contributed by atoms with Crippen LogP contribution in [0.3, 0.4) is 0 Å². The van der Waals surface area contributed by atoms with Gasteiger partial charge in [0.1, 0.15) is 0 Å². The van der Waals surface area contributed by atoms with Gasteiger partial charge >= 0.3 is 0 Å². The Kier molecular flexibility index (Phi) is 3.24. The fourth-order valence-electron chi connectivity index (χ4n) is 1.20. The molecular weight excluding hydrogens is 213 g/mol. The highest BCUT2D eigenvalue weighted by Gasteiger charge is 1.97. The molecule has 1 N–H and O–H groups in total. The second-order valence-electron chi connectivity index (χ2n) is 2.97. The van der Waals surface area contributed by atoms with Gasteiger partial charge in [-0.1, -0.05) is 0 Å². The number of hydrogen-bond acceptors (Lipinski definition) is 4. The number of rotatable bonds is 4. The molecule has 78 valence electrons. The predicted octanol–water partition coefficient (Wildman–Crippen LogP) is 2.33. The number of nitrogens with one attached hydrogen (secondary N) is 1. The minimum atomic E-state index is -0.464. The molecule has 3 nitrogen and oxygen atoms in total. The molecule has 0 saturated carbocycles. The average Bonchev–Trinajstić information content (AvgIpc) is 2.71. The minimum absolute atomic E-state index is 0.464. The van der Waals surface area contributed by atoms with E-state index in [4.69, 9.17) is 0 Å². The van der Waals surface area contributed by atoms with E-state index in [2.05, 4.69) is 15.3 Å². The number of anilines is 1. The summed E-state index contributed by atoms with van der Waals surface area (Å²) >= 11 is 1.62. The lowest BCUT2D eigenvalue weighted by Gasteiger charge is -2.03. The third kappa shape index (κ3) is 2.99. The quantitative estimate of drug-likeness (QED) is 0.808. The van der Waals surface area contributed by atoms with E-state index in [-0.39, 0.29) is 0 Å².